The second kappa shape index (κ2) is 8.62. The lowest BCUT2D eigenvalue weighted by Gasteiger charge is -2.30. The highest BCUT2D eigenvalue weighted by Gasteiger charge is 2.39. The standard InChI is InChI=1S/C20H27N3O5S/c1-11-16(13(24)10-28-11)23-18(26)12(9-20(2)7-3-4-8-20)22-19(27)15-6-5-14(29-15)17(21)25/h5-6,11-12,16H,3-4,7-10H2,1-2H3,(H2,21,25)(H,22,27)(H,23,26)/t11-,12?,16?/m0/s1. The first-order chi connectivity index (χ1) is 13.7. The highest BCUT2D eigenvalue weighted by molar-refractivity contribution is 7.15. The number of amides is 3. The van der Waals surface area contributed by atoms with E-state index in [9.17, 15) is 19.2 Å². The second-order valence-corrected chi connectivity index (χ2v) is 9.33. The Kier molecular flexibility index (Phi) is 6.38. The first kappa shape index (κ1) is 21.4. The fourth-order valence-corrected chi connectivity index (χ4v) is 4.83. The molecule has 2 fully saturated rings. The highest BCUT2D eigenvalue weighted by atomic mass is 32.1. The van der Waals surface area contributed by atoms with Gasteiger partial charge in [-0.2, -0.15) is 0 Å². The number of carbonyl (C=O) groups excluding carboxylic acids is 4. The molecule has 3 rings (SSSR count). The zero-order valence-corrected chi connectivity index (χ0v) is 17.5. The van der Waals surface area contributed by atoms with Gasteiger partial charge >= 0.3 is 0 Å². The molecule has 1 saturated heterocycles. The molecule has 1 saturated carbocycles. The van der Waals surface area contributed by atoms with Crippen LogP contribution >= 0.6 is 11.3 Å². The fourth-order valence-electron chi connectivity index (χ4n) is 4.07. The minimum Gasteiger partial charge on any atom is -0.368 e. The first-order valence-electron chi connectivity index (χ1n) is 9.84. The van der Waals surface area contributed by atoms with E-state index in [0.717, 1.165) is 37.0 Å². The third-order valence-corrected chi connectivity index (χ3v) is 6.90. The Labute approximate surface area is 173 Å². The molecule has 1 aromatic heterocycles. The van der Waals surface area contributed by atoms with E-state index < -0.39 is 35.9 Å². The summed E-state index contributed by atoms with van der Waals surface area (Å²) in [4.78, 5) is 49.6. The van der Waals surface area contributed by atoms with Crippen LogP contribution in [0.15, 0.2) is 12.1 Å². The van der Waals surface area contributed by atoms with Crippen LogP contribution in [-0.2, 0) is 14.3 Å². The third-order valence-electron chi connectivity index (χ3n) is 5.80. The lowest BCUT2D eigenvalue weighted by molar-refractivity contribution is -0.128. The molecule has 4 N–H and O–H groups in total. The second-order valence-electron chi connectivity index (χ2n) is 8.24. The summed E-state index contributed by atoms with van der Waals surface area (Å²) in [5, 5.41) is 5.55. The Morgan fingerprint density at radius 3 is 2.48 bits per heavy atom. The van der Waals surface area contributed by atoms with E-state index in [4.69, 9.17) is 10.5 Å². The van der Waals surface area contributed by atoms with E-state index in [1.807, 2.05) is 0 Å². The molecule has 2 unspecified atom stereocenters. The minimum atomic E-state index is -0.787. The first-order valence-corrected chi connectivity index (χ1v) is 10.7. The highest BCUT2D eigenvalue weighted by Crippen LogP contribution is 2.41. The topological polar surface area (TPSA) is 128 Å². The van der Waals surface area contributed by atoms with E-state index in [-0.39, 0.29) is 22.7 Å². The number of nitrogens with one attached hydrogen (secondary N) is 2. The minimum absolute atomic E-state index is 0.0219. The smallest absolute Gasteiger partial charge is 0.262 e. The van der Waals surface area contributed by atoms with Crippen LogP contribution in [0.25, 0.3) is 0 Å². The van der Waals surface area contributed by atoms with Crippen molar-refractivity contribution in [2.45, 2.75) is 64.1 Å². The number of rotatable bonds is 7. The SMILES string of the molecule is C[C@@H]1OCC(=O)C1NC(=O)C(CC1(C)CCCC1)NC(=O)c1ccc(C(N)=O)s1. The summed E-state index contributed by atoms with van der Waals surface area (Å²) in [5.41, 5.74) is 5.20. The lowest BCUT2D eigenvalue weighted by atomic mass is 9.81. The van der Waals surface area contributed by atoms with Gasteiger partial charge in [0.25, 0.3) is 11.8 Å². The van der Waals surface area contributed by atoms with Crippen molar-refractivity contribution in [3.8, 4) is 0 Å². The Morgan fingerprint density at radius 1 is 1.28 bits per heavy atom. The van der Waals surface area contributed by atoms with Crippen LogP contribution in [0.1, 0.15) is 65.3 Å². The van der Waals surface area contributed by atoms with Gasteiger partial charge in [-0.25, -0.2) is 0 Å². The number of nitrogens with two attached hydrogens (primary N) is 1. The average Bonchev–Trinajstić information content (AvgIpc) is 3.38. The van der Waals surface area contributed by atoms with Crippen LogP contribution in [-0.4, -0.2) is 48.3 Å². The zero-order chi connectivity index (χ0) is 21.2. The van der Waals surface area contributed by atoms with Gasteiger partial charge in [-0.3, -0.25) is 19.2 Å². The van der Waals surface area contributed by atoms with Crippen molar-refractivity contribution in [1.82, 2.24) is 10.6 Å². The Hall–Kier alpha value is -2.26. The summed E-state index contributed by atoms with van der Waals surface area (Å²) in [6.45, 7) is 3.83. The van der Waals surface area contributed by atoms with Gasteiger partial charge in [0.05, 0.1) is 15.9 Å². The van der Waals surface area contributed by atoms with Gasteiger partial charge in [-0.15, -0.1) is 11.3 Å². The van der Waals surface area contributed by atoms with Gasteiger partial charge in [-0.1, -0.05) is 19.8 Å². The Bertz CT molecular complexity index is 815. The number of carbonyl (C=O) groups is 4. The van der Waals surface area contributed by atoms with Gasteiger partial charge in [-0.05, 0) is 43.7 Å². The van der Waals surface area contributed by atoms with Crippen LogP contribution in [0.2, 0.25) is 0 Å². The van der Waals surface area contributed by atoms with E-state index in [2.05, 4.69) is 17.6 Å². The summed E-state index contributed by atoms with van der Waals surface area (Å²) >= 11 is 0.986. The number of ether oxygens (including phenoxy) is 1. The largest absolute Gasteiger partial charge is 0.368 e. The van der Waals surface area contributed by atoms with Gasteiger partial charge in [0.15, 0.2) is 5.78 Å². The summed E-state index contributed by atoms with van der Waals surface area (Å²) in [6, 6.07) is 1.51. The molecule has 0 spiro atoms. The van der Waals surface area contributed by atoms with Crippen molar-refractivity contribution < 1.29 is 23.9 Å². The molecule has 0 aromatic carbocycles. The van der Waals surface area contributed by atoms with E-state index >= 15 is 0 Å². The Morgan fingerprint density at radius 2 is 1.93 bits per heavy atom. The van der Waals surface area contributed by atoms with Gasteiger partial charge in [0.2, 0.25) is 5.91 Å². The van der Waals surface area contributed by atoms with Crippen LogP contribution in [0.3, 0.4) is 0 Å². The molecule has 8 nitrogen and oxygen atoms in total. The number of thiophene rings is 1. The summed E-state index contributed by atoms with van der Waals surface area (Å²) in [6.07, 6.45) is 4.24. The van der Waals surface area contributed by atoms with Gasteiger partial charge in [0.1, 0.15) is 18.7 Å². The summed E-state index contributed by atoms with van der Waals surface area (Å²) < 4.78 is 5.29. The van der Waals surface area contributed by atoms with Gasteiger partial charge < -0.3 is 21.1 Å². The molecule has 1 aliphatic carbocycles. The average molecular weight is 422 g/mol. The number of hydrogen-bond donors (Lipinski definition) is 3. The molecular weight excluding hydrogens is 394 g/mol. The molecule has 9 heteroatoms. The molecule has 158 valence electrons. The van der Waals surface area contributed by atoms with Crippen LogP contribution in [0.4, 0.5) is 0 Å². The predicted octanol–water partition coefficient (Wildman–Crippen LogP) is 1.39. The monoisotopic (exact) mass is 421 g/mol. The quantitative estimate of drug-likeness (QED) is 0.613. The van der Waals surface area contributed by atoms with Gasteiger partial charge in [0, 0.05) is 0 Å². The van der Waals surface area contributed by atoms with Crippen molar-refractivity contribution in [3.05, 3.63) is 21.9 Å². The molecule has 1 aliphatic heterocycles. The molecule has 1 aromatic rings. The van der Waals surface area contributed by atoms with Crippen LogP contribution in [0.5, 0.6) is 0 Å². The van der Waals surface area contributed by atoms with Crippen LogP contribution in [0, 0.1) is 5.41 Å². The molecular formula is C20H27N3O5S. The summed E-state index contributed by atoms with van der Waals surface area (Å²) in [5.74, 6) is -1.61. The maximum Gasteiger partial charge on any atom is 0.262 e. The predicted molar refractivity (Wildman–Crippen MR) is 108 cm³/mol. The lowest BCUT2D eigenvalue weighted by Crippen LogP contribution is -2.54. The number of hydrogen-bond acceptors (Lipinski definition) is 6. The fraction of sp³-hybridized carbons (Fsp3) is 0.600. The molecule has 3 atom stereocenters. The number of primary amides is 1. The molecule has 0 bridgehead atoms. The zero-order valence-electron chi connectivity index (χ0n) is 16.7. The Balaban J connectivity index is 1.74. The summed E-state index contributed by atoms with van der Waals surface area (Å²) in [7, 11) is 0. The third kappa shape index (κ3) is 5.02. The number of ketones is 1. The van der Waals surface area contributed by atoms with E-state index in [1.165, 1.54) is 12.1 Å². The molecule has 3 amide bonds. The van der Waals surface area contributed by atoms with Crippen molar-refractivity contribution in [2.24, 2.45) is 11.1 Å². The van der Waals surface area contributed by atoms with Crippen molar-refractivity contribution >= 4 is 34.8 Å². The van der Waals surface area contributed by atoms with Crippen molar-refractivity contribution in [1.29, 1.82) is 0 Å². The van der Waals surface area contributed by atoms with Crippen molar-refractivity contribution in [3.63, 3.8) is 0 Å². The molecule has 2 heterocycles. The normalized spacial score (nSPS) is 24.3. The van der Waals surface area contributed by atoms with E-state index in [0.29, 0.717) is 11.3 Å². The molecule has 29 heavy (non-hydrogen) atoms. The maximum atomic E-state index is 13.0. The maximum absolute atomic E-state index is 13.0. The molecule has 2 aliphatic rings. The molecule has 0 radical (unpaired) electrons. The van der Waals surface area contributed by atoms with Crippen LogP contribution < -0.4 is 16.4 Å². The van der Waals surface area contributed by atoms with E-state index in [1.54, 1.807) is 6.92 Å². The number of Topliss-reactive ketones (excluding diaryl/α,β-unsaturated/α-hetero) is 1. The van der Waals surface area contributed by atoms with Crippen molar-refractivity contribution in [2.75, 3.05) is 6.61 Å².